The van der Waals surface area contributed by atoms with Crippen LogP contribution in [0.5, 0.6) is 0 Å². The third kappa shape index (κ3) is 3.00. The molecule has 0 spiro atoms. The Kier molecular flexibility index (Phi) is 3.72. The van der Waals surface area contributed by atoms with Gasteiger partial charge in [0.2, 0.25) is 0 Å². The van der Waals surface area contributed by atoms with Crippen molar-refractivity contribution in [3.63, 3.8) is 0 Å². The molecular weight excluding hydrogens is 281 g/mol. The van der Waals surface area contributed by atoms with Crippen LogP contribution in [-0.2, 0) is 0 Å². The van der Waals surface area contributed by atoms with Crippen molar-refractivity contribution in [2.45, 2.75) is 6.92 Å². The van der Waals surface area contributed by atoms with Crippen LogP contribution in [0.4, 0.5) is 11.5 Å². The SMILES string of the molecule is Cc1nc(Cl)cc(Nc2c(Cl)cccc2Cl)n1. The summed E-state index contributed by atoms with van der Waals surface area (Å²) in [7, 11) is 0. The van der Waals surface area contributed by atoms with E-state index in [9.17, 15) is 0 Å². The topological polar surface area (TPSA) is 37.8 Å². The van der Waals surface area contributed by atoms with Crippen molar-refractivity contribution in [1.29, 1.82) is 0 Å². The lowest BCUT2D eigenvalue weighted by molar-refractivity contribution is 1.06. The lowest BCUT2D eigenvalue weighted by atomic mass is 10.3. The van der Waals surface area contributed by atoms with Crippen molar-refractivity contribution < 1.29 is 0 Å². The number of benzene rings is 1. The van der Waals surface area contributed by atoms with E-state index in [-0.39, 0.29) is 0 Å². The normalized spacial score (nSPS) is 10.4. The van der Waals surface area contributed by atoms with Gasteiger partial charge in [-0.05, 0) is 19.1 Å². The van der Waals surface area contributed by atoms with Gasteiger partial charge >= 0.3 is 0 Å². The highest BCUT2D eigenvalue weighted by Gasteiger charge is 2.07. The number of rotatable bonds is 2. The van der Waals surface area contributed by atoms with E-state index in [4.69, 9.17) is 34.8 Å². The van der Waals surface area contributed by atoms with E-state index in [1.54, 1.807) is 31.2 Å². The molecule has 0 fully saturated rings. The number of halogens is 3. The lowest BCUT2D eigenvalue weighted by Gasteiger charge is -2.09. The Hall–Kier alpha value is -1.03. The number of hydrogen-bond acceptors (Lipinski definition) is 3. The molecule has 0 aliphatic heterocycles. The van der Waals surface area contributed by atoms with Crippen molar-refractivity contribution in [3.05, 3.63) is 45.3 Å². The van der Waals surface area contributed by atoms with E-state index in [0.29, 0.717) is 32.5 Å². The van der Waals surface area contributed by atoms with Crippen LogP contribution in [0.15, 0.2) is 24.3 Å². The van der Waals surface area contributed by atoms with Crippen LogP contribution in [-0.4, -0.2) is 9.97 Å². The minimum Gasteiger partial charge on any atom is -0.338 e. The number of hydrogen-bond donors (Lipinski definition) is 1. The first-order valence-electron chi connectivity index (χ1n) is 4.78. The highest BCUT2D eigenvalue weighted by atomic mass is 35.5. The van der Waals surface area contributed by atoms with Crippen LogP contribution < -0.4 is 5.32 Å². The molecule has 3 nitrogen and oxygen atoms in total. The van der Waals surface area contributed by atoms with E-state index in [2.05, 4.69) is 15.3 Å². The molecule has 0 saturated heterocycles. The smallest absolute Gasteiger partial charge is 0.135 e. The predicted octanol–water partition coefficient (Wildman–Crippen LogP) is 4.49. The van der Waals surface area contributed by atoms with Gasteiger partial charge in [0.15, 0.2) is 0 Å². The van der Waals surface area contributed by atoms with Crippen molar-refractivity contribution in [2.24, 2.45) is 0 Å². The largest absolute Gasteiger partial charge is 0.338 e. The van der Waals surface area contributed by atoms with E-state index in [1.165, 1.54) is 0 Å². The summed E-state index contributed by atoms with van der Waals surface area (Å²) in [6.45, 7) is 1.76. The first-order chi connectivity index (χ1) is 8.06. The maximum atomic E-state index is 6.04. The van der Waals surface area contributed by atoms with Crippen molar-refractivity contribution in [2.75, 3.05) is 5.32 Å². The van der Waals surface area contributed by atoms with Gasteiger partial charge in [-0.25, -0.2) is 9.97 Å². The van der Waals surface area contributed by atoms with Gasteiger partial charge < -0.3 is 5.32 Å². The molecule has 2 aromatic rings. The molecule has 0 aliphatic rings. The monoisotopic (exact) mass is 287 g/mol. The average molecular weight is 289 g/mol. The quantitative estimate of drug-likeness (QED) is 0.827. The Morgan fingerprint density at radius 2 is 1.71 bits per heavy atom. The molecule has 1 aromatic heterocycles. The second-order valence-corrected chi connectivity index (χ2v) is 4.55. The fraction of sp³-hybridized carbons (Fsp3) is 0.0909. The van der Waals surface area contributed by atoms with Crippen LogP contribution in [0.2, 0.25) is 15.2 Å². The van der Waals surface area contributed by atoms with Crippen LogP contribution in [0.25, 0.3) is 0 Å². The summed E-state index contributed by atoms with van der Waals surface area (Å²) in [4.78, 5) is 8.16. The van der Waals surface area contributed by atoms with Gasteiger partial charge in [-0.1, -0.05) is 40.9 Å². The van der Waals surface area contributed by atoms with E-state index in [1.807, 2.05) is 0 Å². The van der Waals surface area contributed by atoms with Gasteiger partial charge in [-0.2, -0.15) is 0 Å². The lowest BCUT2D eigenvalue weighted by Crippen LogP contribution is -1.98. The summed E-state index contributed by atoms with van der Waals surface area (Å²) >= 11 is 17.9. The number of aryl methyl sites for hydroxylation is 1. The van der Waals surface area contributed by atoms with Crippen molar-refractivity contribution >= 4 is 46.3 Å². The van der Waals surface area contributed by atoms with Gasteiger partial charge in [0.1, 0.15) is 16.8 Å². The molecule has 2 rings (SSSR count). The van der Waals surface area contributed by atoms with Gasteiger partial charge in [-0.15, -0.1) is 0 Å². The van der Waals surface area contributed by atoms with E-state index < -0.39 is 0 Å². The molecule has 1 N–H and O–H groups in total. The van der Waals surface area contributed by atoms with Crippen LogP contribution in [0.3, 0.4) is 0 Å². The molecule has 88 valence electrons. The molecule has 0 unspecified atom stereocenters. The molecule has 0 bridgehead atoms. The second kappa shape index (κ2) is 5.08. The van der Waals surface area contributed by atoms with Crippen molar-refractivity contribution in [3.8, 4) is 0 Å². The third-order valence-electron chi connectivity index (χ3n) is 2.02. The Labute approximate surface area is 114 Å². The molecular formula is C11H8Cl3N3. The number of para-hydroxylation sites is 1. The molecule has 0 amide bonds. The first kappa shape index (κ1) is 12.4. The summed E-state index contributed by atoms with van der Waals surface area (Å²) < 4.78 is 0. The standard InChI is InChI=1S/C11H8Cl3N3/c1-6-15-9(14)5-10(16-6)17-11-7(12)3-2-4-8(11)13/h2-5H,1H3,(H,15,16,17). The zero-order valence-corrected chi connectivity index (χ0v) is 11.1. The summed E-state index contributed by atoms with van der Waals surface area (Å²) in [5, 5.41) is 4.42. The second-order valence-electron chi connectivity index (χ2n) is 3.34. The summed E-state index contributed by atoms with van der Waals surface area (Å²) in [5.74, 6) is 1.13. The molecule has 1 aromatic carbocycles. The van der Waals surface area contributed by atoms with E-state index in [0.717, 1.165) is 0 Å². The fourth-order valence-corrected chi connectivity index (χ4v) is 2.06. The maximum Gasteiger partial charge on any atom is 0.135 e. The highest BCUT2D eigenvalue weighted by molar-refractivity contribution is 6.39. The fourth-order valence-electron chi connectivity index (χ4n) is 1.34. The van der Waals surface area contributed by atoms with Crippen LogP contribution in [0.1, 0.15) is 5.82 Å². The molecule has 6 heteroatoms. The zero-order valence-electron chi connectivity index (χ0n) is 8.84. The third-order valence-corrected chi connectivity index (χ3v) is 2.85. The van der Waals surface area contributed by atoms with Crippen molar-refractivity contribution in [1.82, 2.24) is 9.97 Å². The number of nitrogens with one attached hydrogen (secondary N) is 1. The van der Waals surface area contributed by atoms with E-state index >= 15 is 0 Å². The van der Waals surface area contributed by atoms with Gasteiger partial charge in [0.05, 0.1) is 15.7 Å². The minimum absolute atomic E-state index is 0.364. The molecule has 0 atom stereocenters. The molecule has 0 radical (unpaired) electrons. The molecule has 0 saturated carbocycles. The maximum absolute atomic E-state index is 6.04. The van der Waals surface area contributed by atoms with Gasteiger partial charge in [0.25, 0.3) is 0 Å². The van der Waals surface area contributed by atoms with Gasteiger partial charge in [-0.3, -0.25) is 0 Å². The first-order valence-corrected chi connectivity index (χ1v) is 5.92. The average Bonchev–Trinajstić information content (AvgIpc) is 2.22. The zero-order chi connectivity index (χ0) is 12.4. The van der Waals surface area contributed by atoms with Gasteiger partial charge in [0, 0.05) is 6.07 Å². The highest BCUT2D eigenvalue weighted by Crippen LogP contribution is 2.32. The van der Waals surface area contributed by atoms with Crippen LogP contribution >= 0.6 is 34.8 Å². The number of nitrogens with zero attached hydrogens (tertiary/aromatic N) is 2. The number of aromatic nitrogens is 2. The predicted molar refractivity (Wildman–Crippen MR) is 71.5 cm³/mol. The molecule has 1 heterocycles. The molecule has 17 heavy (non-hydrogen) atoms. The Bertz CT molecular complexity index is 517. The number of anilines is 2. The Morgan fingerprint density at radius 3 is 2.29 bits per heavy atom. The summed E-state index contributed by atoms with van der Waals surface area (Å²) in [6.07, 6.45) is 0. The Morgan fingerprint density at radius 1 is 1.06 bits per heavy atom. The molecule has 0 aliphatic carbocycles. The summed E-state index contributed by atoms with van der Waals surface area (Å²) in [6, 6.07) is 6.86. The van der Waals surface area contributed by atoms with Crippen LogP contribution in [0, 0.1) is 6.92 Å². The minimum atomic E-state index is 0.364. The Balaban J connectivity index is 2.38. The summed E-state index contributed by atoms with van der Waals surface area (Å²) in [5.41, 5.74) is 0.602.